The number of nitro benzene ring substituents is 1. The summed E-state index contributed by atoms with van der Waals surface area (Å²) in [5, 5.41) is 14.0. The minimum Gasteiger partial charge on any atom is -0.312 e. The number of carbonyl (C=O) groups is 2. The first-order valence-corrected chi connectivity index (χ1v) is 9.87. The Balaban J connectivity index is 1.49. The Labute approximate surface area is 170 Å². The third kappa shape index (κ3) is 3.68. The van der Waals surface area contributed by atoms with Gasteiger partial charge in [0.25, 0.3) is 5.69 Å². The molecule has 2 aromatic carbocycles. The zero-order valence-electron chi connectivity index (χ0n) is 15.8. The van der Waals surface area contributed by atoms with E-state index in [1.165, 1.54) is 23.5 Å². The number of nitrogens with zero attached hydrogens (tertiary/aromatic N) is 3. The van der Waals surface area contributed by atoms with Crippen molar-refractivity contribution in [3.8, 4) is 0 Å². The first kappa shape index (κ1) is 19.0. The number of benzene rings is 2. The number of nitro groups is 1. The molecule has 4 rings (SSSR count). The Morgan fingerprint density at radius 1 is 1.24 bits per heavy atom. The lowest BCUT2D eigenvalue weighted by Gasteiger charge is -2.17. The fourth-order valence-corrected chi connectivity index (χ4v) is 4.22. The zero-order chi connectivity index (χ0) is 20.7. The van der Waals surface area contributed by atoms with E-state index in [9.17, 15) is 19.7 Å². The predicted octanol–water partition coefficient (Wildman–Crippen LogP) is 3.81. The Kier molecular flexibility index (Phi) is 4.75. The number of aryl methyl sites for hydroxylation is 2. The molecular weight excluding hydrogens is 392 g/mol. The molecule has 0 aliphatic carbocycles. The molecule has 0 spiro atoms. The molecule has 2 amide bonds. The Bertz CT molecular complexity index is 1160. The van der Waals surface area contributed by atoms with Crippen LogP contribution in [0.2, 0.25) is 0 Å². The van der Waals surface area contributed by atoms with Crippen LogP contribution < -0.4 is 10.2 Å². The van der Waals surface area contributed by atoms with Crippen LogP contribution in [-0.4, -0.2) is 28.3 Å². The average molecular weight is 410 g/mol. The van der Waals surface area contributed by atoms with Crippen LogP contribution in [0.5, 0.6) is 0 Å². The number of carbonyl (C=O) groups excluding carboxylic acids is 2. The molecule has 0 saturated carbocycles. The molecular formula is C20H18N4O4S. The monoisotopic (exact) mass is 410 g/mol. The van der Waals surface area contributed by atoms with Gasteiger partial charge >= 0.3 is 0 Å². The molecule has 8 nitrogen and oxygen atoms in total. The highest BCUT2D eigenvalue weighted by atomic mass is 32.1. The van der Waals surface area contributed by atoms with Gasteiger partial charge in [-0.15, -0.1) is 0 Å². The molecule has 1 unspecified atom stereocenters. The van der Waals surface area contributed by atoms with Crippen LogP contribution in [-0.2, 0) is 9.59 Å². The van der Waals surface area contributed by atoms with E-state index in [-0.39, 0.29) is 23.9 Å². The average Bonchev–Trinajstić information content (AvgIpc) is 3.26. The van der Waals surface area contributed by atoms with Gasteiger partial charge in [0.2, 0.25) is 11.8 Å². The molecule has 9 heteroatoms. The maximum Gasteiger partial charge on any atom is 0.270 e. The van der Waals surface area contributed by atoms with Gasteiger partial charge < -0.3 is 10.2 Å². The van der Waals surface area contributed by atoms with Gasteiger partial charge in [-0.1, -0.05) is 17.4 Å². The quantitative estimate of drug-likeness (QED) is 0.520. The van der Waals surface area contributed by atoms with Crippen LogP contribution in [0, 0.1) is 29.9 Å². The molecule has 1 aliphatic heterocycles. The smallest absolute Gasteiger partial charge is 0.270 e. The van der Waals surface area contributed by atoms with E-state index in [0.29, 0.717) is 21.9 Å². The standard InChI is InChI=1S/C20H18N4O4S/c1-11-3-4-14(7-12(11)2)23-10-13(8-18(23)25)19(26)22-20-21-16-6-5-15(24(27)28)9-17(16)29-20/h3-7,9,13H,8,10H2,1-2H3,(H,21,22,26). The van der Waals surface area contributed by atoms with Crippen molar-refractivity contribution < 1.29 is 14.5 Å². The molecule has 2 heterocycles. The third-order valence-corrected chi connectivity index (χ3v) is 6.04. The number of hydrogen-bond acceptors (Lipinski definition) is 6. The fraction of sp³-hybridized carbons (Fsp3) is 0.250. The number of non-ortho nitro benzene ring substituents is 1. The highest BCUT2D eigenvalue weighted by Crippen LogP contribution is 2.31. The summed E-state index contributed by atoms with van der Waals surface area (Å²) in [6, 6.07) is 10.2. The van der Waals surface area contributed by atoms with Gasteiger partial charge in [-0.05, 0) is 43.2 Å². The molecule has 148 valence electrons. The molecule has 0 bridgehead atoms. The number of aromatic nitrogens is 1. The third-order valence-electron chi connectivity index (χ3n) is 5.11. The van der Waals surface area contributed by atoms with Gasteiger partial charge in [0, 0.05) is 30.8 Å². The number of amides is 2. The Morgan fingerprint density at radius 2 is 2.03 bits per heavy atom. The van der Waals surface area contributed by atoms with Crippen molar-refractivity contribution in [2.24, 2.45) is 5.92 Å². The van der Waals surface area contributed by atoms with Crippen LogP contribution in [0.1, 0.15) is 17.5 Å². The van der Waals surface area contributed by atoms with Crippen molar-refractivity contribution in [3.63, 3.8) is 0 Å². The molecule has 1 saturated heterocycles. The number of nitrogens with one attached hydrogen (secondary N) is 1. The summed E-state index contributed by atoms with van der Waals surface area (Å²) in [6.07, 6.45) is 0.134. The lowest BCUT2D eigenvalue weighted by atomic mass is 10.1. The summed E-state index contributed by atoms with van der Waals surface area (Å²) in [7, 11) is 0. The van der Waals surface area contributed by atoms with Crippen molar-refractivity contribution in [1.82, 2.24) is 4.98 Å². The van der Waals surface area contributed by atoms with Gasteiger partial charge in [0.05, 0.1) is 21.1 Å². The number of anilines is 2. The molecule has 1 N–H and O–H groups in total. The SMILES string of the molecule is Cc1ccc(N2CC(C(=O)Nc3nc4ccc([N+](=O)[O-])cc4s3)CC2=O)cc1C. The second-order valence-electron chi connectivity index (χ2n) is 7.09. The maximum absolute atomic E-state index is 12.7. The van der Waals surface area contributed by atoms with Gasteiger partial charge in [0.1, 0.15) is 0 Å². The summed E-state index contributed by atoms with van der Waals surface area (Å²) in [5.41, 5.74) is 3.58. The van der Waals surface area contributed by atoms with Gasteiger partial charge in [0.15, 0.2) is 5.13 Å². The van der Waals surface area contributed by atoms with E-state index in [1.54, 1.807) is 11.0 Å². The van der Waals surface area contributed by atoms with Crippen molar-refractivity contribution in [3.05, 3.63) is 57.6 Å². The van der Waals surface area contributed by atoms with Gasteiger partial charge in [-0.3, -0.25) is 19.7 Å². The number of hydrogen-bond donors (Lipinski definition) is 1. The molecule has 1 fully saturated rings. The van der Waals surface area contributed by atoms with Gasteiger partial charge in [-0.25, -0.2) is 4.98 Å². The van der Waals surface area contributed by atoms with Crippen molar-refractivity contribution in [2.45, 2.75) is 20.3 Å². The molecule has 3 aromatic rings. The Morgan fingerprint density at radius 3 is 2.76 bits per heavy atom. The molecule has 1 aliphatic rings. The summed E-state index contributed by atoms with van der Waals surface area (Å²) in [4.78, 5) is 41.5. The minimum absolute atomic E-state index is 0.0237. The first-order chi connectivity index (χ1) is 13.8. The van der Waals surface area contributed by atoms with E-state index in [0.717, 1.165) is 16.8 Å². The van der Waals surface area contributed by atoms with E-state index in [4.69, 9.17) is 0 Å². The van der Waals surface area contributed by atoms with Crippen LogP contribution in [0.3, 0.4) is 0 Å². The first-order valence-electron chi connectivity index (χ1n) is 9.05. The fourth-order valence-electron chi connectivity index (χ4n) is 3.31. The summed E-state index contributed by atoms with van der Waals surface area (Å²) in [6.45, 7) is 4.30. The van der Waals surface area contributed by atoms with Crippen molar-refractivity contribution in [2.75, 3.05) is 16.8 Å². The highest BCUT2D eigenvalue weighted by molar-refractivity contribution is 7.22. The van der Waals surface area contributed by atoms with E-state index >= 15 is 0 Å². The zero-order valence-corrected chi connectivity index (χ0v) is 16.7. The number of rotatable bonds is 4. The predicted molar refractivity (Wildman–Crippen MR) is 111 cm³/mol. The summed E-state index contributed by atoms with van der Waals surface area (Å²) >= 11 is 1.17. The maximum atomic E-state index is 12.7. The van der Waals surface area contributed by atoms with Gasteiger partial charge in [-0.2, -0.15) is 0 Å². The van der Waals surface area contributed by atoms with Crippen molar-refractivity contribution >= 4 is 49.9 Å². The van der Waals surface area contributed by atoms with Crippen LogP contribution in [0.15, 0.2) is 36.4 Å². The minimum atomic E-state index is -0.481. The molecule has 29 heavy (non-hydrogen) atoms. The summed E-state index contributed by atoms with van der Waals surface area (Å²) < 4.78 is 0.619. The van der Waals surface area contributed by atoms with Crippen LogP contribution in [0.25, 0.3) is 10.2 Å². The lowest BCUT2D eigenvalue weighted by Crippen LogP contribution is -2.28. The lowest BCUT2D eigenvalue weighted by molar-refractivity contribution is -0.384. The highest BCUT2D eigenvalue weighted by Gasteiger charge is 2.35. The topological polar surface area (TPSA) is 105 Å². The second-order valence-corrected chi connectivity index (χ2v) is 8.12. The van der Waals surface area contributed by atoms with E-state index in [2.05, 4.69) is 10.3 Å². The molecule has 1 aromatic heterocycles. The molecule has 1 atom stereocenters. The normalized spacial score (nSPS) is 16.4. The second kappa shape index (κ2) is 7.25. The van der Waals surface area contributed by atoms with Crippen LogP contribution in [0.4, 0.5) is 16.5 Å². The largest absolute Gasteiger partial charge is 0.312 e. The Hall–Kier alpha value is -3.33. The molecule has 0 radical (unpaired) electrons. The summed E-state index contributed by atoms with van der Waals surface area (Å²) in [5.74, 6) is -0.850. The van der Waals surface area contributed by atoms with Crippen molar-refractivity contribution in [1.29, 1.82) is 0 Å². The van der Waals surface area contributed by atoms with E-state index < -0.39 is 10.8 Å². The number of fused-ring (bicyclic) bond motifs is 1. The van der Waals surface area contributed by atoms with Crippen LogP contribution >= 0.6 is 11.3 Å². The number of thiazole rings is 1. The van der Waals surface area contributed by atoms with E-state index in [1.807, 2.05) is 32.0 Å².